The molecule has 0 saturated carbocycles. The van der Waals surface area contributed by atoms with Gasteiger partial charge in [0.05, 0.1) is 5.75 Å². The molecule has 6 nitrogen and oxygen atoms in total. The molecule has 7 heteroatoms. The minimum absolute atomic E-state index is 0.0924. The van der Waals surface area contributed by atoms with Crippen molar-refractivity contribution < 1.29 is 9.53 Å². The smallest absolute Gasteiger partial charge is 0.234 e. The number of hydrogen-bond donors (Lipinski definition) is 1. The third-order valence-electron chi connectivity index (χ3n) is 4.47. The van der Waals surface area contributed by atoms with Crippen LogP contribution in [0.25, 0.3) is 0 Å². The van der Waals surface area contributed by atoms with Gasteiger partial charge >= 0.3 is 0 Å². The van der Waals surface area contributed by atoms with Crippen LogP contribution in [-0.4, -0.2) is 26.4 Å². The van der Waals surface area contributed by atoms with E-state index >= 15 is 0 Å². The maximum Gasteiger partial charge on any atom is 0.234 e. The number of carbonyl (C=O) groups excluding carboxylic acids is 1. The number of hydrogen-bond acceptors (Lipinski definition) is 5. The van der Waals surface area contributed by atoms with Gasteiger partial charge in [0.15, 0.2) is 11.0 Å². The largest absolute Gasteiger partial charge is 0.485 e. The molecular weight excluding hydrogens is 396 g/mol. The van der Waals surface area contributed by atoms with E-state index in [-0.39, 0.29) is 11.7 Å². The van der Waals surface area contributed by atoms with Crippen molar-refractivity contribution >= 4 is 23.4 Å². The van der Waals surface area contributed by atoms with E-state index in [2.05, 4.69) is 28.2 Å². The fourth-order valence-electron chi connectivity index (χ4n) is 2.81. The molecule has 156 valence electrons. The van der Waals surface area contributed by atoms with Gasteiger partial charge in [-0.2, -0.15) is 0 Å². The molecule has 1 N–H and O–H groups in total. The maximum absolute atomic E-state index is 12.3. The molecule has 0 bridgehead atoms. The minimum atomic E-state index is -0.0924. The van der Waals surface area contributed by atoms with Gasteiger partial charge in [-0.05, 0) is 50.1 Å². The molecule has 1 aromatic heterocycles. The number of nitrogens with zero attached hydrogens (tertiary/aromatic N) is 3. The van der Waals surface area contributed by atoms with Crippen molar-refractivity contribution in [1.82, 2.24) is 14.8 Å². The molecular formula is C23H26N4O2S. The number of aryl methyl sites for hydroxylation is 3. The summed E-state index contributed by atoms with van der Waals surface area (Å²) in [4.78, 5) is 12.3. The van der Waals surface area contributed by atoms with E-state index < -0.39 is 0 Å². The summed E-state index contributed by atoms with van der Waals surface area (Å²) in [6.45, 7) is 10.7. The van der Waals surface area contributed by atoms with Crippen LogP contribution >= 0.6 is 11.8 Å². The Morgan fingerprint density at radius 3 is 2.60 bits per heavy atom. The lowest BCUT2D eigenvalue weighted by atomic mass is 10.1. The highest BCUT2D eigenvalue weighted by Gasteiger charge is 2.14. The third-order valence-corrected chi connectivity index (χ3v) is 5.44. The summed E-state index contributed by atoms with van der Waals surface area (Å²) >= 11 is 1.34. The zero-order chi connectivity index (χ0) is 21.5. The lowest BCUT2D eigenvalue weighted by molar-refractivity contribution is -0.113. The van der Waals surface area contributed by atoms with E-state index in [0.717, 1.165) is 28.1 Å². The molecule has 0 aliphatic rings. The summed E-state index contributed by atoms with van der Waals surface area (Å²) in [6.07, 6.45) is 1.78. The zero-order valence-electron chi connectivity index (χ0n) is 17.5. The number of aromatic nitrogens is 3. The van der Waals surface area contributed by atoms with Gasteiger partial charge in [0, 0.05) is 12.2 Å². The number of amides is 1. The number of ether oxygens (including phenoxy) is 1. The van der Waals surface area contributed by atoms with E-state index in [1.165, 1.54) is 11.8 Å². The van der Waals surface area contributed by atoms with Gasteiger partial charge in [0.25, 0.3) is 0 Å². The van der Waals surface area contributed by atoms with Crippen LogP contribution < -0.4 is 10.1 Å². The summed E-state index contributed by atoms with van der Waals surface area (Å²) in [5, 5.41) is 12.1. The standard InChI is InChI=1S/C23H26N4O2S/c1-5-12-27-21(14-29-20-13-17(3)6-9-18(20)4)25-26-23(27)30-15-22(28)24-19-10-7-16(2)8-11-19/h5-11,13H,1,12,14-15H2,2-4H3,(H,24,28). The lowest BCUT2D eigenvalue weighted by Gasteiger charge is -2.11. The van der Waals surface area contributed by atoms with E-state index in [1.807, 2.05) is 61.7 Å². The van der Waals surface area contributed by atoms with Crippen molar-refractivity contribution in [2.75, 3.05) is 11.1 Å². The zero-order valence-corrected chi connectivity index (χ0v) is 18.3. The number of anilines is 1. The topological polar surface area (TPSA) is 69.0 Å². The highest BCUT2D eigenvalue weighted by Crippen LogP contribution is 2.22. The molecule has 2 aromatic carbocycles. The normalized spacial score (nSPS) is 10.6. The predicted molar refractivity (Wildman–Crippen MR) is 121 cm³/mol. The average molecular weight is 423 g/mol. The van der Waals surface area contributed by atoms with Crippen LogP contribution in [0.4, 0.5) is 5.69 Å². The Balaban J connectivity index is 1.63. The second-order valence-corrected chi connectivity index (χ2v) is 8.00. The molecule has 3 aromatic rings. The molecule has 1 amide bonds. The molecule has 30 heavy (non-hydrogen) atoms. The van der Waals surface area contributed by atoms with E-state index in [9.17, 15) is 4.79 Å². The average Bonchev–Trinajstić information content (AvgIpc) is 3.11. The number of rotatable bonds is 9. The van der Waals surface area contributed by atoms with Gasteiger partial charge in [-0.15, -0.1) is 16.8 Å². The summed E-state index contributed by atoms with van der Waals surface area (Å²) in [5.41, 5.74) is 4.13. The van der Waals surface area contributed by atoms with Crippen molar-refractivity contribution in [3.63, 3.8) is 0 Å². The van der Waals surface area contributed by atoms with Crippen LogP contribution in [-0.2, 0) is 17.9 Å². The first-order valence-corrected chi connectivity index (χ1v) is 10.7. The van der Waals surface area contributed by atoms with Gasteiger partial charge in [-0.1, -0.05) is 47.7 Å². The van der Waals surface area contributed by atoms with Gasteiger partial charge in [0.1, 0.15) is 12.4 Å². The first kappa shape index (κ1) is 21.6. The predicted octanol–water partition coefficient (Wildman–Crippen LogP) is 4.70. The van der Waals surface area contributed by atoms with Gasteiger partial charge in [-0.25, -0.2) is 0 Å². The SMILES string of the molecule is C=CCn1c(COc2cc(C)ccc2C)nnc1SCC(=O)Nc1ccc(C)cc1. The molecule has 0 saturated heterocycles. The highest BCUT2D eigenvalue weighted by atomic mass is 32.2. The number of thioether (sulfide) groups is 1. The summed E-state index contributed by atoms with van der Waals surface area (Å²) < 4.78 is 7.89. The maximum atomic E-state index is 12.3. The van der Waals surface area contributed by atoms with Crippen molar-refractivity contribution in [1.29, 1.82) is 0 Å². The Labute approximate surface area is 181 Å². The van der Waals surface area contributed by atoms with Crippen molar-refractivity contribution in [3.8, 4) is 5.75 Å². The third kappa shape index (κ3) is 5.73. The molecule has 0 radical (unpaired) electrons. The number of benzene rings is 2. The summed E-state index contributed by atoms with van der Waals surface area (Å²) in [6, 6.07) is 13.8. The Hall–Kier alpha value is -3.06. The first-order chi connectivity index (χ1) is 14.5. The van der Waals surface area contributed by atoms with Crippen molar-refractivity contribution in [2.45, 2.75) is 39.1 Å². The highest BCUT2D eigenvalue weighted by molar-refractivity contribution is 7.99. The fourth-order valence-corrected chi connectivity index (χ4v) is 3.58. The fraction of sp³-hybridized carbons (Fsp3) is 0.261. The van der Waals surface area contributed by atoms with Crippen LogP contribution in [0.2, 0.25) is 0 Å². The monoisotopic (exact) mass is 422 g/mol. The van der Waals surface area contributed by atoms with Crippen LogP contribution in [0.1, 0.15) is 22.5 Å². The van der Waals surface area contributed by atoms with Crippen LogP contribution in [0.3, 0.4) is 0 Å². The Bertz CT molecular complexity index is 1030. The van der Waals surface area contributed by atoms with Crippen LogP contribution in [0, 0.1) is 20.8 Å². The molecule has 0 aliphatic carbocycles. The van der Waals surface area contributed by atoms with Crippen LogP contribution in [0.5, 0.6) is 5.75 Å². The van der Waals surface area contributed by atoms with Crippen molar-refractivity contribution in [2.24, 2.45) is 0 Å². The Kier molecular flexibility index (Phi) is 7.30. The molecule has 3 rings (SSSR count). The van der Waals surface area contributed by atoms with Crippen molar-refractivity contribution in [3.05, 3.63) is 77.6 Å². The van der Waals surface area contributed by atoms with E-state index in [4.69, 9.17) is 4.74 Å². The molecule has 0 atom stereocenters. The summed E-state index contributed by atoms with van der Waals surface area (Å²) in [5.74, 6) is 1.67. The minimum Gasteiger partial charge on any atom is -0.485 e. The number of nitrogens with one attached hydrogen (secondary N) is 1. The van der Waals surface area contributed by atoms with Gasteiger partial charge in [-0.3, -0.25) is 9.36 Å². The molecule has 0 aliphatic heterocycles. The van der Waals surface area contributed by atoms with Gasteiger partial charge < -0.3 is 10.1 Å². The van der Waals surface area contributed by atoms with E-state index in [1.54, 1.807) is 6.08 Å². The van der Waals surface area contributed by atoms with E-state index in [0.29, 0.717) is 24.1 Å². The van der Waals surface area contributed by atoms with Gasteiger partial charge in [0.2, 0.25) is 5.91 Å². The molecule has 0 unspecified atom stereocenters. The molecule has 1 heterocycles. The molecule has 0 fully saturated rings. The number of allylic oxidation sites excluding steroid dienone is 1. The number of carbonyl (C=O) groups is 1. The lowest BCUT2D eigenvalue weighted by Crippen LogP contribution is -2.15. The van der Waals surface area contributed by atoms with Crippen LogP contribution in [0.15, 0.2) is 60.3 Å². The molecule has 0 spiro atoms. The first-order valence-electron chi connectivity index (χ1n) is 9.68. The second-order valence-electron chi connectivity index (χ2n) is 7.06. The second kappa shape index (κ2) is 10.1. The Morgan fingerprint density at radius 1 is 1.13 bits per heavy atom. The summed E-state index contributed by atoms with van der Waals surface area (Å²) in [7, 11) is 0. The quantitative estimate of drug-likeness (QED) is 0.400. The Morgan fingerprint density at radius 2 is 1.87 bits per heavy atom.